The zero-order chi connectivity index (χ0) is 6.57. The van der Waals surface area contributed by atoms with Crippen LogP contribution in [-0.2, 0) is 15.5 Å². The standard InChI is InChI=1S/C3H8O4S/c1-2-3(4)7-8(5)6/h3-4H,2H2,1H3,(H,5,6). The van der Waals surface area contributed by atoms with Gasteiger partial charge in [-0.25, -0.2) is 4.18 Å². The smallest absolute Gasteiger partial charge is 0.304 e. The molecule has 0 heterocycles. The topological polar surface area (TPSA) is 66.8 Å². The Balaban J connectivity index is 3.24. The van der Waals surface area contributed by atoms with Gasteiger partial charge in [0, 0.05) is 0 Å². The van der Waals surface area contributed by atoms with Crippen LogP contribution in [0.3, 0.4) is 0 Å². The van der Waals surface area contributed by atoms with Gasteiger partial charge in [-0.05, 0) is 6.42 Å². The molecule has 0 bridgehead atoms. The van der Waals surface area contributed by atoms with Crippen molar-refractivity contribution >= 4 is 11.4 Å². The maximum absolute atomic E-state index is 9.70. The quantitative estimate of drug-likeness (QED) is 0.423. The molecule has 0 radical (unpaired) electrons. The van der Waals surface area contributed by atoms with Gasteiger partial charge >= 0.3 is 11.4 Å². The second-order valence-corrected chi connectivity index (χ2v) is 1.80. The average Bonchev–Trinajstić information content (AvgIpc) is 1.65. The molecule has 50 valence electrons. The van der Waals surface area contributed by atoms with Gasteiger partial charge in [-0.1, -0.05) is 6.92 Å². The first-order chi connectivity index (χ1) is 3.66. The third-order valence-corrected chi connectivity index (χ3v) is 0.929. The van der Waals surface area contributed by atoms with E-state index in [1.54, 1.807) is 6.92 Å². The molecule has 0 aromatic carbocycles. The molecule has 0 amide bonds. The van der Waals surface area contributed by atoms with Gasteiger partial charge < -0.3 is 5.11 Å². The summed E-state index contributed by atoms with van der Waals surface area (Å²) in [6, 6.07) is 0. The van der Waals surface area contributed by atoms with Crippen molar-refractivity contribution in [2.75, 3.05) is 0 Å². The first-order valence-corrected chi connectivity index (χ1v) is 3.16. The Morgan fingerprint density at radius 1 is 1.88 bits per heavy atom. The van der Waals surface area contributed by atoms with Gasteiger partial charge in [0.25, 0.3) is 0 Å². The molecule has 0 rings (SSSR count). The first-order valence-electron chi connectivity index (χ1n) is 2.13. The molecule has 0 spiro atoms. The number of aliphatic hydroxyl groups is 1. The molecule has 0 aromatic rings. The van der Waals surface area contributed by atoms with Crippen molar-refractivity contribution < 1.29 is 18.1 Å². The maximum atomic E-state index is 9.70. The average molecular weight is 140 g/mol. The van der Waals surface area contributed by atoms with Crippen LogP contribution in [0.1, 0.15) is 13.3 Å². The van der Waals surface area contributed by atoms with E-state index in [0.29, 0.717) is 6.42 Å². The molecule has 2 unspecified atom stereocenters. The summed E-state index contributed by atoms with van der Waals surface area (Å²) >= 11 is -2.35. The fourth-order valence-corrected chi connectivity index (χ4v) is 0.489. The van der Waals surface area contributed by atoms with Crippen LogP contribution in [0.5, 0.6) is 0 Å². The molecule has 2 atom stereocenters. The molecular formula is C3H8O4S. The molecule has 2 N–H and O–H groups in total. The highest BCUT2D eigenvalue weighted by atomic mass is 32.2. The Morgan fingerprint density at radius 3 is 2.50 bits per heavy atom. The number of rotatable bonds is 3. The van der Waals surface area contributed by atoms with Crippen LogP contribution in [0.25, 0.3) is 0 Å². The lowest BCUT2D eigenvalue weighted by atomic mass is 10.5. The van der Waals surface area contributed by atoms with Gasteiger partial charge in [-0.15, -0.1) is 0 Å². The summed E-state index contributed by atoms with van der Waals surface area (Å²) in [5, 5.41) is 8.45. The van der Waals surface area contributed by atoms with Gasteiger partial charge in [0.2, 0.25) is 0 Å². The predicted octanol–water partition coefficient (Wildman–Crippen LogP) is -0.132. The molecule has 0 aliphatic rings. The fraction of sp³-hybridized carbons (Fsp3) is 1.00. The van der Waals surface area contributed by atoms with Crippen molar-refractivity contribution in [3.8, 4) is 0 Å². The third kappa shape index (κ3) is 4.20. The summed E-state index contributed by atoms with van der Waals surface area (Å²) < 4.78 is 21.6. The molecule has 0 saturated heterocycles. The highest BCUT2D eigenvalue weighted by Gasteiger charge is 2.02. The lowest BCUT2D eigenvalue weighted by molar-refractivity contribution is -0.0148. The van der Waals surface area contributed by atoms with Crippen LogP contribution >= 0.6 is 0 Å². The summed E-state index contributed by atoms with van der Waals surface area (Å²) in [5.74, 6) is 0. The lowest BCUT2D eigenvalue weighted by Gasteiger charge is -2.01. The van der Waals surface area contributed by atoms with Crippen molar-refractivity contribution in [1.82, 2.24) is 0 Å². The minimum Gasteiger partial charge on any atom is -0.367 e. The molecular weight excluding hydrogens is 132 g/mol. The zero-order valence-corrected chi connectivity index (χ0v) is 5.22. The van der Waals surface area contributed by atoms with Crippen LogP contribution in [0.4, 0.5) is 0 Å². The maximum Gasteiger partial charge on any atom is 0.304 e. The van der Waals surface area contributed by atoms with E-state index in [4.69, 9.17) is 9.66 Å². The van der Waals surface area contributed by atoms with Gasteiger partial charge in [0.15, 0.2) is 6.29 Å². The highest BCUT2D eigenvalue weighted by Crippen LogP contribution is 1.92. The Hall–Kier alpha value is 0.0300. The van der Waals surface area contributed by atoms with Crippen LogP contribution < -0.4 is 0 Å². The largest absolute Gasteiger partial charge is 0.367 e. The Labute approximate surface area is 50.0 Å². The number of hydrogen-bond donors (Lipinski definition) is 2. The first kappa shape index (κ1) is 8.03. The molecule has 0 aromatic heterocycles. The zero-order valence-electron chi connectivity index (χ0n) is 4.40. The van der Waals surface area contributed by atoms with E-state index < -0.39 is 17.7 Å². The normalized spacial score (nSPS) is 17.9. The lowest BCUT2D eigenvalue weighted by Crippen LogP contribution is -2.11. The van der Waals surface area contributed by atoms with Gasteiger partial charge in [-0.2, -0.15) is 4.21 Å². The fourth-order valence-electron chi connectivity index (χ4n) is 0.163. The summed E-state index contributed by atoms with van der Waals surface area (Å²) in [5.41, 5.74) is 0. The van der Waals surface area contributed by atoms with Crippen molar-refractivity contribution in [2.45, 2.75) is 19.6 Å². The van der Waals surface area contributed by atoms with Crippen LogP contribution in [0.15, 0.2) is 0 Å². The molecule has 0 saturated carbocycles. The van der Waals surface area contributed by atoms with E-state index in [1.165, 1.54) is 0 Å². The second kappa shape index (κ2) is 3.96. The SMILES string of the molecule is CCC(O)OS(=O)O. The predicted molar refractivity (Wildman–Crippen MR) is 28.2 cm³/mol. The summed E-state index contributed by atoms with van der Waals surface area (Å²) in [4.78, 5) is 0. The van der Waals surface area contributed by atoms with Crippen LogP contribution in [0, 0.1) is 0 Å². The Bertz CT molecular complexity index is 83.4. The molecule has 0 aliphatic heterocycles. The summed E-state index contributed by atoms with van der Waals surface area (Å²) in [6.07, 6.45) is -0.812. The van der Waals surface area contributed by atoms with Crippen molar-refractivity contribution in [1.29, 1.82) is 0 Å². The van der Waals surface area contributed by atoms with Gasteiger partial charge in [0.05, 0.1) is 0 Å². The van der Waals surface area contributed by atoms with E-state index in [0.717, 1.165) is 0 Å². The number of hydrogen-bond acceptors (Lipinski definition) is 3. The van der Waals surface area contributed by atoms with E-state index in [1.807, 2.05) is 0 Å². The molecule has 5 heteroatoms. The molecule has 8 heavy (non-hydrogen) atoms. The van der Waals surface area contributed by atoms with Crippen molar-refractivity contribution in [2.24, 2.45) is 0 Å². The summed E-state index contributed by atoms with van der Waals surface area (Å²) in [7, 11) is 0. The minimum atomic E-state index is -2.35. The third-order valence-electron chi connectivity index (χ3n) is 0.543. The van der Waals surface area contributed by atoms with E-state index in [9.17, 15) is 4.21 Å². The van der Waals surface area contributed by atoms with E-state index in [-0.39, 0.29) is 0 Å². The molecule has 0 aliphatic carbocycles. The van der Waals surface area contributed by atoms with Crippen LogP contribution in [-0.4, -0.2) is 20.2 Å². The monoisotopic (exact) mass is 140 g/mol. The Morgan fingerprint density at radius 2 is 2.38 bits per heavy atom. The second-order valence-electron chi connectivity index (χ2n) is 1.18. The highest BCUT2D eigenvalue weighted by molar-refractivity contribution is 7.74. The van der Waals surface area contributed by atoms with Crippen molar-refractivity contribution in [3.05, 3.63) is 0 Å². The van der Waals surface area contributed by atoms with Gasteiger partial charge in [0.1, 0.15) is 0 Å². The summed E-state index contributed by atoms with van der Waals surface area (Å²) in [6.45, 7) is 1.64. The van der Waals surface area contributed by atoms with Crippen molar-refractivity contribution in [3.63, 3.8) is 0 Å². The molecule has 0 fully saturated rings. The minimum absolute atomic E-state index is 0.312. The molecule has 4 nitrogen and oxygen atoms in total. The Kier molecular flexibility index (Phi) is 3.98. The van der Waals surface area contributed by atoms with E-state index in [2.05, 4.69) is 4.18 Å². The van der Waals surface area contributed by atoms with E-state index >= 15 is 0 Å². The van der Waals surface area contributed by atoms with Gasteiger partial charge in [-0.3, -0.25) is 4.55 Å². The number of aliphatic hydroxyl groups excluding tert-OH is 1. The van der Waals surface area contributed by atoms with Crippen LogP contribution in [0.2, 0.25) is 0 Å².